The Morgan fingerprint density at radius 3 is 2.39 bits per heavy atom. The number of benzene rings is 1. The minimum Gasteiger partial charge on any atom is -0.399 e. The molecule has 1 aromatic heterocycles. The van der Waals surface area contributed by atoms with Crippen molar-refractivity contribution in [3.05, 3.63) is 48.8 Å². The summed E-state index contributed by atoms with van der Waals surface area (Å²) < 4.78 is 24.6. The van der Waals surface area contributed by atoms with Crippen LogP contribution in [0.5, 0.6) is 0 Å². The lowest BCUT2D eigenvalue weighted by molar-refractivity contribution is 0.565. The topological polar surface area (TPSA) is 138 Å². The number of sulfone groups is 1. The van der Waals surface area contributed by atoms with E-state index in [1.54, 1.807) is 18.3 Å². The van der Waals surface area contributed by atoms with E-state index >= 15 is 0 Å². The highest BCUT2D eigenvalue weighted by atomic mass is 32.2. The van der Waals surface area contributed by atoms with Crippen molar-refractivity contribution >= 4 is 27.2 Å². The smallest absolute Gasteiger partial charge is 0.210 e. The van der Waals surface area contributed by atoms with Gasteiger partial charge in [-0.25, -0.2) is 18.3 Å². The number of aliphatic imine (C=N–C) groups is 1. The van der Waals surface area contributed by atoms with Crippen LogP contribution < -0.4 is 11.5 Å². The first-order valence-corrected chi connectivity index (χ1v) is 8.07. The molecule has 9 heteroatoms. The van der Waals surface area contributed by atoms with E-state index in [9.17, 15) is 8.42 Å². The predicted octanol–water partition coefficient (Wildman–Crippen LogP) is 0.824. The maximum absolute atomic E-state index is 12.3. The maximum Gasteiger partial charge on any atom is 0.210 e. The standard InChI is InChI=1S/C14H14N6O2S/c15-9-20(14(17)19-12-5-7-18-8-6-12)10-23(21,22)13-3-1-11(16)2-4-13/h1-8H,10,16H2,(H2,17,18,19). The van der Waals surface area contributed by atoms with E-state index in [0.29, 0.717) is 11.4 Å². The Labute approximate surface area is 133 Å². The first-order chi connectivity index (χ1) is 10.9. The van der Waals surface area contributed by atoms with Gasteiger partial charge < -0.3 is 11.5 Å². The lowest BCUT2D eigenvalue weighted by Gasteiger charge is -2.14. The van der Waals surface area contributed by atoms with Gasteiger partial charge in [-0.1, -0.05) is 0 Å². The van der Waals surface area contributed by atoms with Gasteiger partial charge in [0.1, 0.15) is 5.88 Å². The predicted molar refractivity (Wildman–Crippen MR) is 85.9 cm³/mol. The Kier molecular flexibility index (Phi) is 4.78. The number of guanidine groups is 1. The van der Waals surface area contributed by atoms with Gasteiger partial charge in [0.15, 0.2) is 16.0 Å². The Bertz CT molecular complexity index is 841. The number of nitrogen functional groups attached to an aromatic ring is 1. The van der Waals surface area contributed by atoms with E-state index in [0.717, 1.165) is 4.90 Å². The second-order valence-corrected chi connectivity index (χ2v) is 6.48. The molecule has 0 spiro atoms. The fraction of sp³-hybridized carbons (Fsp3) is 0.0714. The van der Waals surface area contributed by atoms with Crippen molar-refractivity contribution in [1.29, 1.82) is 5.26 Å². The van der Waals surface area contributed by atoms with Gasteiger partial charge in [0, 0.05) is 18.1 Å². The molecule has 0 unspecified atom stereocenters. The first kappa shape index (κ1) is 16.3. The quantitative estimate of drug-likeness (QED) is 0.278. The largest absolute Gasteiger partial charge is 0.399 e. The summed E-state index contributed by atoms with van der Waals surface area (Å²) in [5.74, 6) is -0.842. The van der Waals surface area contributed by atoms with Crippen molar-refractivity contribution in [1.82, 2.24) is 9.88 Å². The number of nitriles is 1. The summed E-state index contributed by atoms with van der Waals surface area (Å²) in [6, 6.07) is 8.84. The Hall–Kier alpha value is -3.12. The third-order valence-corrected chi connectivity index (χ3v) is 4.43. The molecule has 1 aromatic carbocycles. The SMILES string of the molecule is N#CN(CS(=O)(=O)c1ccc(N)cc1)C(N)=Nc1ccncc1. The van der Waals surface area contributed by atoms with Crippen LogP contribution in [-0.2, 0) is 9.84 Å². The number of rotatable bonds is 4. The van der Waals surface area contributed by atoms with Gasteiger partial charge in [-0.15, -0.1) is 0 Å². The second-order valence-electron chi connectivity index (χ2n) is 4.52. The molecular weight excluding hydrogens is 316 g/mol. The van der Waals surface area contributed by atoms with E-state index < -0.39 is 15.7 Å². The summed E-state index contributed by atoms with van der Waals surface area (Å²) in [5, 5.41) is 9.15. The van der Waals surface area contributed by atoms with E-state index in [2.05, 4.69) is 9.98 Å². The van der Waals surface area contributed by atoms with Gasteiger partial charge in [0.05, 0.1) is 10.6 Å². The zero-order valence-electron chi connectivity index (χ0n) is 12.0. The minimum absolute atomic E-state index is 0.0451. The molecule has 0 amide bonds. The number of nitrogens with zero attached hydrogens (tertiary/aromatic N) is 4. The molecule has 23 heavy (non-hydrogen) atoms. The molecule has 0 fully saturated rings. The van der Waals surface area contributed by atoms with Gasteiger partial charge in [-0.2, -0.15) is 5.26 Å². The minimum atomic E-state index is -3.75. The molecule has 0 saturated carbocycles. The number of pyridine rings is 1. The van der Waals surface area contributed by atoms with Crippen LogP contribution in [0.25, 0.3) is 0 Å². The fourth-order valence-electron chi connectivity index (χ4n) is 1.68. The second kappa shape index (κ2) is 6.76. The lowest BCUT2D eigenvalue weighted by atomic mass is 10.3. The first-order valence-electron chi connectivity index (χ1n) is 6.42. The maximum atomic E-state index is 12.3. The monoisotopic (exact) mass is 330 g/mol. The third-order valence-electron chi connectivity index (χ3n) is 2.84. The molecule has 8 nitrogen and oxygen atoms in total. The summed E-state index contributed by atoms with van der Waals surface area (Å²) in [6.07, 6.45) is 4.73. The molecular formula is C14H14N6O2S. The van der Waals surface area contributed by atoms with Crippen LogP contribution in [0.4, 0.5) is 11.4 Å². The highest BCUT2D eigenvalue weighted by Crippen LogP contribution is 2.15. The molecule has 2 rings (SSSR count). The van der Waals surface area contributed by atoms with E-state index in [-0.39, 0.29) is 10.9 Å². The normalized spacial score (nSPS) is 11.7. The highest BCUT2D eigenvalue weighted by molar-refractivity contribution is 7.91. The van der Waals surface area contributed by atoms with Crippen molar-refractivity contribution in [3.8, 4) is 6.19 Å². The molecule has 4 N–H and O–H groups in total. The van der Waals surface area contributed by atoms with Crippen molar-refractivity contribution in [2.75, 3.05) is 11.6 Å². The van der Waals surface area contributed by atoms with Crippen molar-refractivity contribution < 1.29 is 8.42 Å². The Morgan fingerprint density at radius 1 is 1.22 bits per heavy atom. The third kappa shape index (κ3) is 4.18. The zero-order chi connectivity index (χ0) is 16.9. The number of anilines is 1. The molecule has 0 atom stereocenters. The number of hydrogen-bond acceptors (Lipinski definition) is 6. The Morgan fingerprint density at radius 2 is 1.83 bits per heavy atom. The summed E-state index contributed by atoms with van der Waals surface area (Å²) in [7, 11) is -3.75. The van der Waals surface area contributed by atoms with E-state index in [1.807, 2.05) is 0 Å². The van der Waals surface area contributed by atoms with Gasteiger partial charge in [-0.05, 0) is 36.4 Å². The molecule has 118 valence electrons. The van der Waals surface area contributed by atoms with Gasteiger partial charge in [0.2, 0.25) is 5.96 Å². The van der Waals surface area contributed by atoms with Crippen LogP contribution in [0.2, 0.25) is 0 Å². The van der Waals surface area contributed by atoms with Gasteiger partial charge >= 0.3 is 0 Å². The fourth-order valence-corrected chi connectivity index (χ4v) is 2.91. The molecule has 0 saturated heterocycles. The number of hydrogen-bond donors (Lipinski definition) is 2. The van der Waals surface area contributed by atoms with E-state index in [1.165, 1.54) is 36.7 Å². The molecule has 1 heterocycles. The van der Waals surface area contributed by atoms with Crippen LogP contribution in [-0.4, -0.2) is 30.1 Å². The van der Waals surface area contributed by atoms with Crippen molar-refractivity contribution in [2.24, 2.45) is 10.7 Å². The number of aromatic nitrogens is 1. The van der Waals surface area contributed by atoms with Gasteiger partial charge in [-0.3, -0.25) is 4.98 Å². The summed E-state index contributed by atoms with van der Waals surface area (Å²) in [5.41, 5.74) is 12.2. The molecule has 0 radical (unpaired) electrons. The lowest BCUT2D eigenvalue weighted by Crippen LogP contribution is -2.37. The van der Waals surface area contributed by atoms with Crippen LogP contribution in [0.1, 0.15) is 0 Å². The molecule has 0 aliphatic carbocycles. The van der Waals surface area contributed by atoms with E-state index in [4.69, 9.17) is 16.7 Å². The summed E-state index contributed by atoms with van der Waals surface area (Å²) in [6.45, 7) is 0. The summed E-state index contributed by atoms with van der Waals surface area (Å²) >= 11 is 0. The molecule has 2 aromatic rings. The average molecular weight is 330 g/mol. The molecule has 0 aliphatic rings. The van der Waals surface area contributed by atoms with Crippen LogP contribution in [0.15, 0.2) is 58.7 Å². The van der Waals surface area contributed by atoms with Crippen molar-refractivity contribution in [2.45, 2.75) is 4.90 Å². The van der Waals surface area contributed by atoms with Crippen LogP contribution in [0.3, 0.4) is 0 Å². The van der Waals surface area contributed by atoms with Crippen LogP contribution >= 0.6 is 0 Å². The van der Waals surface area contributed by atoms with Crippen molar-refractivity contribution in [3.63, 3.8) is 0 Å². The Balaban J connectivity index is 2.23. The summed E-state index contributed by atoms with van der Waals surface area (Å²) in [4.78, 5) is 8.67. The molecule has 0 bridgehead atoms. The average Bonchev–Trinajstić information content (AvgIpc) is 2.54. The molecule has 0 aliphatic heterocycles. The highest BCUT2D eigenvalue weighted by Gasteiger charge is 2.21. The van der Waals surface area contributed by atoms with Crippen LogP contribution in [0, 0.1) is 11.5 Å². The van der Waals surface area contributed by atoms with Gasteiger partial charge in [0.25, 0.3) is 0 Å². The number of nitrogens with two attached hydrogens (primary N) is 2. The zero-order valence-corrected chi connectivity index (χ0v) is 12.8.